The summed E-state index contributed by atoms with van der Waals surface area (Å²) in [6, 6.07) is 2.27. The van der Waals surface area contributed by atoms with Crippen molar-refractivity contribution in [3.63, 3.8) is 0 Å². The molecule has 1 aliphatic rings. The van der Waals surface area contributed by atoms with E-state index in [1.54, 1.807) is 14.0 Å². The van der Waals surface area contributed by atoms with Crippen molar-refractivity contribution in [1.82, 2.24) is 34.6 Å². The van der Waals surface area contributed by atoms with Gasteiger partial charge in [0.2, 0.25) is 17.7 Å². The highest BCUT2D eigenvalue weighted by Gasteiger charge is 2.31. The second kappa shape index (κ2) is 9.62. The Morgan fingerprint density at radius 3 is 2.69 bits per heavy atom. The molecule has 2 N–H and O–H groups in total. The van der Waals surface area contributed by atoms with E-state index in [0.717, 1.165) is 48.0 Å². The average molecular weight is 495 g/mol. The Hall–Kier alpha value is -3.31. The first-order valence-corrected chi connectivity index (χ1v) is 12.4. The summed E-state index contributed by atoms with van der Waals surface area (Å²) in [6.45, 7) is 8.35. The first-order chi connectivity index (χ1) is 17.3. The molecule has 4 heterocycles. The zero-order valence-corrected chi connectivity index (χ0v) is 21.5. The molecule has 5 rings (SSSR count). The molecule has 4 aromatic rings. The van der Waals surface area contributed by atoms with Crippen LogP contribution in [0.5, 0.6) is 0 Å². The van der Waals surface area contributed by atoms with Gasteiger partial charge in [0.15, 0.2) is 0 Å². The highest BCUT2D eigenvalue weighted by Crippen LogP contribution is 2.38. The maximum atomic E-state index is 10.1. The molecule has 0 bridgehead atoms. The van der Waals surface area contributed by atoms with Crippen LogP contribution in [-0.4, -0.2) is 65.5 Å². The van der Waals surface area contributed by atoms with Crippen LogP contribution in [0.15, 0.2) is 29.1 Å². The summed E-state index contributed by atoms with van der Waals surface area (Å²) < 4.78 is 14.8. The second-order valence-corrected chi connectivity index (χ2v) is 10.2. The molecule has 0 aromatic carbocycles. The maximum absolute atomic E-state index is 10.1. The molecule has 11 nitrogen and oxygen atoms in total. The maximum Gasteiger partial charge on any atom is 0.243 e. The van der Waals surface area contributed by atoms with Crippen molar-refractivity contribution in [3.05, 3.63) is 42.1 Å². The molecule has 192 valence electrons. The molecular weight excluding hydrogens is 460 g/mol. The predicted molar refractivity (Wildman–Crippen MR) is 134 cm³/mol. The third kappa shape index (κ3) is 4.60. The molecule has 0 unspecified atom stereocenters. The molecule has 0 radical (unpaired) electrons. The number of aliphatic hydroxyl groups is 1. The van der Waals surface area contributed by atoms with E-state index in [0.29, 0.717) is 30.3 Å². The Morgan fingerprint density at radius 1 is 1.22 bits per heavy atom. The van der Waals surface area contributed by atoms with E-state index in [1.165, 1.54) is 0 Å². The molecule has 11 heteroatoms. The highest BCUT2D eigenvalue weighted by atomic mass is 16.5. The minimum absolute atomic E-state index is 0.0737. The van der Waals surface area contributed by atoms with Crippen molar-refractivity contribution >= 4 is 11.5 Å². The number of fused-ring (bicyclic) bond motifs is 1. The summed E-state index contributed by atoms with van der Waals surface area (Å²) in [5.41, 5.74) is 3.39. The van der Waals surface area contributed by atoms with Gasteiger partial charge in [0, 0.05) is 49.0 Å². The van der Waals surface area contributed by atoms with Crippen LogP contribution in [-0.2, 0) is 10.3 Å². The van der Waals surface area contributed by atoms with Gasteiger partial charge >= 0.3 is 0 Å². The Bertz CT molecular complexity index is 1330. The number of aryl methyl sites for hydroxylation is 1. The third-order valence-electron chi connectivity index (χ3n) is 6.97. The number of hydrogen-bond donors (Lipinski definition) is 2. The van der Waals surface area contributed by atoms with Crippen LogP contribution in [0.3, 0.4) is 0 Å². The van der Waals surface area contributed by atoms with Gasteiger partial charge < -0.3 is 19.6 Å². The van der Waals surface area contributed by atoms with Crippen LogP contribution in [0.1, 0.15) is 69.8 Å². The summed E-state index contributed by atoms with van der Waals surface area (Å²) in [7, 11) is 1.68. The van der Waals surface area contributed by atoms with E-state index in [1.807, 2.05) is 48.6 Å². The standard InChI is InChI=1S/C25H34N8O3/c1-15(14-35-5)28-24-26-12-22-20(10-21(33(22)31-24)17-6-8-19(34)9-7-17)18-11-27-32(13-18)25(3,4)23-30-29-16(2)36-23/h10-13,15,17,19,34H,6-9,14H2,1-5H3,(H,28,31)/t15-,17-,19-/m0/s1. The summed E-state index contributed by atoms with van der Waals surface area (Å²) >= 11 is 0. The molecule has 1 saturated carbocycles. The van der Waals surface area contributed by atoms with Crippen molar-refractivity contribution in [1.29, 1.82) is 0 Å². The fourth-order valence-corrected chi connectivity index (χ4v) is 4.90. The lowest BCUT2D eigenvalue weighted by Gasteiger charge is -2.25. The van der Waals surface area contributed by atoms with Crippen molar-refractivity contribution in [3.8, 4) is 11.1 Å². The first-order valence-electron chi connectivity index (χ1n) is 12.4. The minimum Gasteiger partial charge on any atom is -0.423 e. The molecular formula is C25H34N8O3. The Kier molecular flexibility index (Phi) is 6.52. The SMILES string of the molecule is COC[C@H](C)Nc1ncc2c(-c3cnn(C(C)(C)c4nnc(C)o4)c3)cc([C@H]3CC[C@H](O)CC3)n2n1. The van der Waals surface area contributed by atoms with Crippen LogP contribution >= 0.6 is 0 Å². The van der Waals surface area contributed by atoms with E-state index >= 15 is 0 Å². The molecule has 4 aromatic heterocycles. The lowest BCUT2D eigenvalue weighted by molar-refractivity contribution is 0.121. The zero-order valence-electron chi connectivity index (χ0n) is 21.5. The van der Waals surface area contributed by atoms with Crippen molar-refractivity contribution in [2.24, 2.45) is 0 Å². The van der Waals surface area contributed by atoms with Crippen LogP contribution in [0.25, 0.3) is 16.6 Å². The van der Waals surface area contributed by atoms with Gasteiger partial charge in [0.05, 0.1) is 30.6 Å². The van der Waals surface area contributed by atoms with E-state index in [-0.39, 0.29) is 12.1 Å². The zero-order chi connectivity index (χ0) is 25.4. The fraction of sp³-hybridized carbons (Fsp3) is 0.560. The number of ether oxygens (including phenoxy) is 1. The molecule has 1 atom stereocenters. The number of anilines is 1. The van der Waals surface area contributed by atoms with E-state index in [9.17, 15) is 5.11 Å². The van der Waals surface area contributed by atoms with Crippen LogP contribution in [0.2, 0.25) is 0 Å². The van der Waals surface area contributed by atoms with E-state index < -0.39 is 5.54 Å². The Labute approximate surface area is 209 Å². The van der Waals surface area contributed by atoms with Gasteiger partial charge in [0.25, 0.3) is 0 Å². The fourth-order valence-electron chi connectivity index (χ4n) is 4.90. The number of rotatable bonds is 8. The molecule has 0 spiro atoms. The van der Waals surface area contributed by atoms with Crippen molar-refractivity contribution in [2.75, 3.05) is 19.0 Å². The van der Waals surface area contributed by atoms with Crippen molar-refractivity contribution < 1.29 is 14.3 Å². The van der Waals surface area contributed by atoms with Gasteiger partial charge in [-0.05, 0) is 52.5 Å². The predicted octanol–water partition coefficient (Wildman–Crippen LogP) is 3.53. The van der Waals surface area contributed by atoms with Gasteiger partial charge in [-0.2, -0.15) is 5.10 Å². The van der Waals surface area contributed by atoms with Crippen molar-refractivity contribution in [2.45, 2.75) is 77.0 Å². The Balaban J connectivity index is 1.54. The van der Waals surface area contributed by atoms with Gasteiger partial charge in [0.1, 0.15) is 5.54 Å². The topological polar surface area (TPSA) is 128 Å². The highest BCUT2D eigenvalue weighted by molar-refractivity contribution is 5.81. The average Bonchev–Trinajstić information content (AvgIpc) is 3.58. The van der Waals surface area contributed by atoms with Gasteiger partial charge in [-0.15, -0.1) is 15.3 Å². The molecule has 1 fully saturated rings. The number of nitrogens with zero attached hydrogens (tertiary/aromatic N) is 7. The summed E-state index contributed by atoms with van der Waals surface area (Å²) in [5.74, 6) is 1.88. The molecule has 0 saturated heterocycles. The number of methoxy groups -OCH3 is 1. The van der Waals surface area contributed by atoms with Gasteiger partial charge in [-0.25, -0.2) is 9.50 Å². The normalized spacial score (nSPS) is 19.6. The number of aromatic nitrogens is 7. The lowest BCUT2D eigenvalue weighted by Crippen LogP contribution is -2.28. The monoisotopic (exact) mass is 494 g/mol. The quantitative estimate of drug-likeness (QED) is 0.378. The first kappa shape index (κ1) is 24.4. The van der Waals surface area contributed by atoms with E-state index in [4.69, 9.17) is 14.3 Å². The van der Waals surface area contributed by atoms with Crippen LogP contribution < -0.4 is 5.32 Å². The number of aliphatic hydroxyl groups excluding tert-OH is 1. The second-order valence-electron chi connectivity index (χ2n) is 10.2. The lowest BCUT2D eigenvalue weighted by atomic mass is 9.85. The van der Waals surface area contributed by atoms with Crippen LogP contribution in [0, 0.1) is 6.92 Å². The smallest absolute Gasteiger partial charge is 0.243 e. The summed E-state index contributed by atoms with van der Waals surface area (Å²) in [6.07, 6.45) is 8.91. The molecule has 0 aliphatic heterocycles. The number of hydrogen-bond acceptors (Lipinski definition) is 9. The number of nitrogens with one attached hydrogen (secondary N) is 1. The summed E-state index contributed by atoms with van der Waals surface area (Å²) in [4.78, 5) is 4.59. The third-order valence-corrected chi connectivity index (χ3v) is 6.97. The molecule has 0 amide bonds. The Morgan fingerprint density at radius 2 is 2.00 bits per heavy atom. The van der Waals surface area contributed by atoms with E-state index in [2.05, 4.69) is 31.7 Å². The summed E-state index contributed by atoms with van der Waals surface area (Å²) in [5, 5.41) is 31.1. The molecule has 36 heavy (non-hydrogen) atoms. The van der Waals surface area contributed by atoms with Crippen LogP contribution in [0.4, 0.5) is 5.95 Å². The molecule has 1 aliphatic carbocycles. The largest absolute Gasteiger partial charge is 0.423 e. The van der Waals surface area contributed by atoms with Gasteiger partial charge in [-0.1, -0.05) is 0 Å². The van der Waals surface area contributed by atoms with Gasteiger partial charge in [-0.3, -0.25) is 4.68 Å². The minimum atomic E-state index is -0.609.